The minimum Gasteiger partial charge on any atom is -0.492 e. The van der Waals surface area contributed by atoms with Gasteiger partial charge in [-0.3, -0.25) is 14.9 Å². The van der Waals surface area contributed by atoms with E-state index in [9.17, 15) is 28.5 Å². The van der Waals surface area contributed by atoms with Gasteiger partial charge in [-0.2, -0.15) is 0 Å². The van der Waals surface area contributed by atoms with E-state index in [1.54, 1.807) is 0 Å². The number of nitrogens with zero attached hydrogens (tertiary/aromatic N) is 2. The number of carbonyl (C=O) groups excluding carboxylic acids is 1. The molecule has 0 unspecified atom stereocenters. The molecule has 0 N–H and O–H groups in total. The van der Waals surface area contributed by atoms with Crippen LogP contribution in [0.3, 0.4) is 0 Å². The molecule has 10 heteroatoms. The maximum absolute atomic E-state index is 14.3. The van der Waals surface area contributed by atoms with Gasteiger partial charge in [0.25, 0.3) is 5.69 Å². The number of fused-ring (bicyclic) bond motifs is 1. The first-order valence-corrected chi connectivity index (χ1v) is 7.72. The molecular weight excluding hydrogens is 354 g/mol. The highest BCUT2D eigenvalue weighted by atomic mass is 19.1. The van der Waals surface area contributed by atoms with Crippen molar-refractivity contribution in [2.24, 2.45) is 0 Å². The van der Waals surface area contributed by atoms with Crippen LogP contribution in [0.15, 0.2) is 17.1 Å². The van der Waals surface area contributed by atoms with Crippen LogP contribution in [0.1, 0.15) is 29.7 Å². The van der Waals surface area contributed by atoms with E-state index in [1.165, 1.54) is 6.92 Å². The average Bonchev–Trinajstić information content (AvgIpc) is 3.31. The zero-order valence-electron chi connectivity index (χ0n) is 13.8. The number of hydrogen-bond donors (Lipinski definition) is 0. The predicted molar refractivity (Wildman–Crippen MR) is 85.9 cm³/mol. The molecule has 2 atom stereocenters. The molecule has 1 aliphatic carbocycles. The summed E-state index contributed by atoms with van der Waals surface area (Å²) in [5.74, 6) is -2.50. The van der Waals surface area contributed by atoms with Gasteiger partial charge in [-0.25, -0.2) is 13.6 Å². The molecule has 1 fully saturated rings. The van der Waals surface area contributed by atoms with E-state index in [4.69, 9.17) is 9.47 Å². The van der Waals surface area contributed by atoms with E-state index in [1.807, 2.05) is 0 Å². The maximum atomic E-state index is 14.3. The molecule has 138 valence electrons. The zero-order valence-corrected chi connectivity index (χ0v) is 13.8. The van der Waals surface area contributed by atoms with E-state index >= 15 is 0 Å². The highest BCUT2D eigenvalue weighted by Crippen LogP contribution is 2.44. The SMILES string of the molecule is CCOC(=O)c1cn([C@@H]2C[C@H]2F)c2c(OC)c(F)cc([N+](=O)[O-])c2c1=O. The molecule has 0 saturated heterocycles. The first-order valence-electron chi connectivity index (χ1n) is 7.72. The Morgan fingerprint density at radius 2 is 2.15 bits per heavy atom. The molecule has 3 rings (SSSR count). The lowest BCUT2D eigenvalue weighted by Crippen LogP contribution is -2.22. The van der Waals surface area contributed by atoms with Crippen LogP contribution in [0.4, 0.5) is 14.5 Å². The number of ether oxygens (including phenoxy) is 2. The number of halogens is 2. The average molecular weight is 368 g/mol. The molecule has 0 aliphatic heterocycles. The number of rotatable bonds is 5. The number of nitro groups is 1. The Kier molecular flexibility index (Phi) is 4.34. The summed E-state index contributed by atoms with van der Waals surface area (Å²) in [6.45, 7) is 1.50. The third kappa shape index (κ3) is 2.67. The fourth-order valence-corrected chi connectivity index (χ4v) is 2.87. The third-order valence-electron chi connectivity index (χ3n) is 4.12. The number of esters is 1. The smallest absolute Gasteiger partial charge is 0.343 e. The molecule has 1 aromatic carbocycles. The molecule has 0 radical (unpaired) electrons. The quantitative estimate of drug-likeness (QED) is 0.457. The van der Waals surface area contributed by atoms with Gasteiger partial charge in [-0.1, -0.05) is 0 Å². The van der Waals surface area contributed by atoms with Crippen molar-refractivity contribution in [3.05, 3.63) is 44.0 Å². The second-order valence-electron chi connectivity index (χ2n) is 5.71. The third-order valence-corrected chi connectivity index (χ3v) is 4.12. The lowest BCUT2D eigenvalue weighted by Gasteiger charge is -2.15. The molecule has 0 bridgehead atoms. The minimum absolute atomic E-state index is 0.0275. The lowest BCUT2D eigenvalue weighted by molar-refractivity contribution is -0.383. The highest BCUT2D eigenvalue weighted by molar-refractivity contribution is 5.99. The van der Waals surface area contributed by atoms with Crippen molar-refractivity contribution in [3.63, 3.8) is 0 Å². The molecule has 1 aromatic heterocycles. The van der Waals surface area contributed by atoms with Gasteiger partial charge in [0, 0.05) is 12.6 Å². The van der Waals surface area contributed by atoms with Crippen LogP contribution < -0.4 is 10.2 Å². The van der Waals surface area contributed by atoms with Gasteiger partial charge in [-0.05, 0) is 6.92 Å². The number of benzene rings is 1. The van der Waals surface area contributed by atoms with Crippen molar-refractivity contribution in [3.8, 4) is 5.75 Å². The van der Waals surface area contributed by atoms with Gasteiger partial charge >= 0.3 is 5.97 Å². The van der Waals surface area contributed by atoms with Gasteiger partial charge < -0.3 is 14.0 Å². The highest BCUT2D eigenvalue weighted by Gasteiger charge is 2.42. The Balaban J connectivity index is 2.49. The van der Waals surface area contributed by atoms with Gasteiger partial charge in [0.15, 0.2) is 11.6 Å². The molecular formula is C16H14F2N2O6. The van der Waals surface area contributed by atoms with Gasteiger partial charge in [-0.15, -0.1) is 0 Å². The van der Waals surface area contributed by atoms with E-state index in [0.717, 1.165) is 17.9 Å². The summed E-state index contributed by atoms with van der Waals surface area (Å²) >= 11 is 0. The molecule has 1 heterocycles. The van der Waals surface area contributed by atoms with Crippen LogP contribution in [0.25, 0.3) is 10.9 Å². The van der Waals surface area contributed by atoms with Crippen molar-refractivity contribution in [1.29, 1.82) is 0 Å². The molecule has 26 heavy (non-hydrogen) atoms. The van der Waals surface area contributed by atoms with Crippen molar-refractivity contribution in [1.82, 2.24) is 4.57 Å². The summed E-state index contributed by atoms with van der Waals surface area (Å²) in [6.07, 6.45) is -0.186. The Bertz CT molecular complexity index is 987. The van der Waals surface area contributed by atoms with Gasteiger partial charge in [0.05, 0.1) is 30.7 Å². The Labute approximate surface area is 145 Å². The van der Waals surface area contributed by atoms with Crippen molar-refractivity contribution in [2.75, 3.05) is 13.7 Å². The minimum atomic E-state index is -1.29. The Hall–Kier alpha value is -3.04. The Morgan fingerprint density at radius 1 is 1.50 bits per heavy atom. The first-order chi connectivity index (χ1) is 12.3. The summed E-state index contributed by atoms with van der Waals surface area (Å²) in [6, 6.07) is -0.247. The fourth-order valence-electron chi connectivity index (χ4n) is 2.87. The second-order valence-corrected chi connectivity index (χ2v) is 5.71. The van der Waals surface area contributed by atoms with Gasteiger partial charge in [0.2, 0.25) is 5.43 Å². The van der Waals surface area contributed by atoms with E-state index in [2.05, 4.69) is 0 Å². The summed E-state index contributed by atoms with van der Waals surface area (Å²) in [5.41, 5.74) is -2.59. The number of hydrogen-bond acceptors (Lipinski definition) is 6. The Morgan fingerprint density at radius 3 is 2.65 bits per heavy atom. The van der Waals surface area contributed by atoms with Gasteiger partial charge in [0.1, 0.15) is 22.6 Å². The molecule has 0 spiro atoms. The first kappa shape index (κ1) is 17.8. The van der Waals surface area contributed by atoms with E-state index < -0.39 is 56.7 Å². The van der Waals surface area contributed by atoms with E-state index in [0.29, 0.717) is 6.07 Å². The normalized spacial score (nSPS) is 18.6. The number of alkyl halides is 1. The zero-order chi connectivity index (χ0) is 19.2. The molecule has 1 aliphatic rings. The van der Waals surface area contributed by atoms with E-state index in [-0.39, 0.29) is 18.5 Å². The molecule has 1 saturated carbocycles. The monoisotopic (exact) mass is 368 g/mol. The lowest BCUT2D eigenvalue weighted by atomic mass is 10.1. The van der Waals surface area contributed by atoms with Crippen LogP contribution >= 0.6 is 0 Å². The van der Waals surface area contributed by atoms with Crippen LogP contribution in [0.2, 0.25) is 0 Å². The summed E-state index contributed by atoms with van der Waals surface area (Å²) in [4.78, 5) is 35.2. The topological polar surface area (TPSA) is 101 Å². The van der Waals surface area contributed by atoms with Crippen LogP contribution in [-0.4, -0.2) is 35.3 Å². The van der Waals surface area contributed by atoms with Crippen molar-refractivity contribution < 1.29 is 28.0 Å². The van der Waals surface area contributed by atoms with Crippen LogP contribution in [0.5, 0.6) is 5.75 Å². The van der Waals surface area contributed by atoms with Crippen molar-refractivity contribution in [2.45, 2.75) is 25.6 Å². The maximum Gasteiger partial charge on any atom is 0.343 e. The fraction of sp³-hybridized carbons (Fsp3) is 0.375. The summed E-state index contributed by atoms with van der Waals surface area (Å²) in [5, 5.41) is 10.8. The number of carbonyl (C=O) groups is 1. The largest absolute Gasteiger partial charge is 0.492 e. The number of non-ortho nitro benzene ring substituents is 1. The van der Waals surface area contributed by atoms with Crippen LogP contribution in [0, 0.1) is 15.9 Å². The molecule has 2 aromatic rings. The number of aromatic nitrogens is 1. The standard InChI is InChI=1S/C16H14F2N2O6/c1-3-26-16(22)7-6-19(10-4-8(10)17)13-12(14(7)21)11(20(23)24)5-9(18)15(13)25-2/h5-6,8,10H,3-4H2,1-2H3/t8-,10-/m1/s1. The predicted octanol–water partition coefficient (Wildman–Crippen LogP) is 2.52. The molecule has 0 amide bonds. The number of pyridine rings is 1. The number of methoxy groups -OCH3 is 1. The van der Waals surface area contributed by atoms with Crippen molar-refractivity contribution >= 4 is 22.6 Å². The summed E-state index contributed by atoms with van der Waals surface area (Å²) in [7, 11) is 1.12. The van der Waals surface area contributed by atoms with Crippen LogP contribution in [-0.2, 0) is 4.74 Å². The summed E-state index contributed by atoms with van der Waals surface area (Å²) < 4.78 is 38.9. The molecule has 8 nitrogen and oxygen atoms in total. The second kappa shape index (κ2) is 6.36. The number of nitro benzene ring substituents is 1.